The van der Waals surface area contributed by atoms with Crippen molar-refractivity contribution in [2.45, 2.75) is 151 Å². The van der Waals surface area contributed by atoms with Crippen molar-refractivity contribution in [1.29, 1.82) is 0 Å². The van der Waals surface area contributed by atoms with Crippen LogP contribution in [0.25, 0.3) is 0 Å². The van der Waals surface area contributed by atoms with Gasteiger partial charge in [-0.25, -0.2) is 9.78 Å². The van der Waals surface area contributed by atoms with Gasteiger partial charge in [-0.15, -0.1) is 0 Å². The molecular weight excluding hydrogens is 546 g/mol. The van der Waals surface area contributed by atoms with E-state index >= 15 is 0 Å². The fourth-order valence-electron chi connectivity index (χ4n) is 6.69. The average molecular weight is 608 g/mol. The average Bonchev–Trinajstić information content (AvgIpc) is 2.98. The molecule has 0 spiro atoms. The minimum Gasteiger partial charge on any atom is -0.487 e. The van der Waals surface area contributed by atoms with E-state index in [1.165, 1.54) is 51.4 Å². The number of aromatic nitrogens is 1. The number of carbonyl (C=O) groups excluding carboxylic acids is 1. The Hall–Kier alpha value is -2.40. The first-order valence-electron chi connectivity index (χ1n) is 17.5. The van der Waals surface area contributed by atoms with E-state index in [2.05, 4.69) is 46.5 Å². The van der Waals surface area contributed by atoms with E-state index in [0.717, 1.165) is 89.8 Å². The molecule has 1 aliphatic heterocycles. The van der Waals surface area contributed by atoms with Crippen LogP contribution in [0.2, 0.25) is 0 Å². The standard InChI is InChI=1S/C39H61NO4/c1-27(2)14-11-15-28(3)16-12-17-29(4)18-13-23-39(8)24-22-34-32(7)36(30(5)31(6)37(34)44-39)43-38(42)35-21-20-33(26-40-35)19-9-10-25-41/h20-21,26-29,41H,9-19,22-25H2,1-8H3. The number of fused-ring (bicyclic) bond motifs is 1. The van der Waals surface area contributed by atoms with Crippen LogP contribution in [-0.2, 0) is 12.8 Å². The molecule has 0 aliphatic carbocycles. The Labute approximate surface area is 268 Å². The van der Waals surface area contributed by atoms with Gasteiger partial charge in [0.05, 0.1) is 0 Å². The van der Waals surface area contributed by atoms with Gasteiger partial charge in [-0.1, -0.05) is 78.7 Å². The van der Waals surface area contributed by atoms with Gasteiger partial charge in [0.1, 0.15) is 22.8 Å². The summed E-state index contributed by atoms with van der Waals surface area (Å²) in [6.45, 7) is 18.1. The van der Waals surface area contributed by atoms with Crippen LogP contribution in [0, 0.1) is 38.5 Å². The maximum atomic E-state index is 13.1. The Morgan fingerprint density at radius 2 is 1.57 bits per heavy atom. The van der Waals surface area contributed by atoms with Gasteiger partial charge in [0.25, 0.3) is 0 Å². The number of aliphatic hydroxyl groups excluding tert-OH is 1. The summed E-state index contributed by atoms with van der Waals surface area (Å²) in [6.07, 6.45) is 17.8. The van der Waals surface area contributed by atoms with Crippen molar-refractivity contribution >= 4 is 5.97 Å². The lowest BCUT2D eigenvalue weighted by Crippen LogP contribution is -2.37. The minimum absolute atomic E-state index is 0.164. The molecule has 44 heavy (non-hydrogen) atoms. The van der Waals surface area contributed by atoms with Gasteiger partial charge >= 0.3 is 5.97 Å². The summed E-state index contributed by atoms with van der Waals surface area (Å²) < 4.78 is 12.8. The van der Waals surface area contributed by atoms with Crippen LogP contribution < -0.4 is 9.47 Å². The van der Waals surface area contributed by atoms with Crippen molar-refractivity contribution in [2.75, 3.05) is 6.61 Å². The minimum atomic E-state index is -0.436. The molecule has 3 rings (SSSR count). The number of hydrogen-bond acceptors (Lipinski definition) is 5. The zero-order valence-corrected chi connectivity index (χ0v) is 29.2. The molecule has 0 saturated heterocycles. The Bertz CT molecular complexity index is 1190. The van der Waals surface area contributed by atoms with Gasteiger partial charge in [-0.3, -0.25) is 0 Å². The van der Waals surface area contributed by atoms with Gasteiger partial charge in [0.15, 0.2) is 0 Å². The van der Waals surface area contributed by atoms with E-state index in [1.807, 2.05) is 19.9 Å². The lowest BCUT2D eigenvalue weighted by Gasteiger charge is -2.38. The summed E-state index contributed by atoms with van der Waals surface area (Å²) in [5.41, 5.74) is 5.36. The van der Waals surface area contributed by atoms with Crippen molar-refractivity contribution in [2.24, 2.45) is 17.8 Å². The number of aliphatic hydroxyl groups is 1. The molecule has 3 unspecified atom stereocenters. The topological polar surface area (TPSA) is 68.7 Å². The molecule has 246 valence electrons. The highest BCUT2D eigenvalue weighted by molar-refractivity contribution is 5.89. The first-order valence-corrected chi connectivity index (χ1v) is 17.5. The Morgan fingerprint density at radius 1 is 0.909 bits per heavy atom. The van der Waals surface area contributed by atoms with E-state index in [0.29, 0.717) is 11.4 Å². The van der Waals surface area contributed by atoms with Gasteiger partial charge in [-0.05, 0) is 119 Å². The van der Waals surface area contributed by atoms with Crippen LogP contribution in [0.5, 0.6) is 11.5 Å². The summed E-state index contributed by atoms with van der Waals surface area (Å²) in [5.74, 6) is 3.62. The summed E-state index contributed by atoms with van der Waals surface area (Å²) in [7, 11) is 0. The highest BCUT2D eigenvalue weighted by atomic mass is 16.5. The van der Waals surface area contributed by atoms with Gasteiger partial charge in [0.2, 0.25) is 0 Å². The molecule has 0 radical (unpaired) electrons. The number of benzene rings is 1. The maximum Gasteiger partial charge on any atom is 0.362 e. The molecule has 1 aromatic carbocycles. The summed E-state index contributed by atoms with van der Waals surface area (Å²) in [6, 6.07) is 3.65. The summed E-state index contributed by atoms with van der Waals surface area (Å²) in [5, 5.41) is 9.00. The second kappa shape index (κ2) is 17.3. The highest BCUT2D eigenvalue weighted by Gasteiger charge is 2.35. The molecule has 1 N–H and O–H groups in total. The zero-order chi connectivity index (χ0) is 32.3. The molecule has 1 aromatic heterocycles. The van der Waals surface area contributed by atoms with E-state index in [9.17, 15) is 4.79 Å². The predicted octanol–water partition coefficient (Wildman–Crippen LogP) is 10.1. The molecule has 2 aromatic rings. The van der Waals surface area contributed by atoms with E-state index in [-0.39, 0.29) is 12.2 Å². The number of unbranched alkanes of at least 4 members (excludes halogenated alkanes) is 1. The predicted molar refractivity (Wildman–Crippen MR) is 182 cm³/mol. The molecule has 5 nitrogen and oxygen atoms in total. The van der Waals surface area contributed by atoms with Crippen LogP contribution >= 0.6 is 0 Å². The third-order valence-corrected chi connectivity index (χ3v) is 9.94. The van der Waals surface area contributed by atoms with E-state index in [4.69, 9.17) is 14.6 Å². The van der Waals surface area contributed by atoms with Crippen LogP contribution in [0.15, 0.2) is 18.3 Å². The second-order valence-electron chi connectivity index (χ2n) is 14.5. The van der Waals surface area contributed by atoms with Gasteiger partial charge < -0.3 is 14.6 Å². The zero-order valence-electron chi connectivity index (χ0n) is 29.2. The van der Waals surface area contributed by atoms with Crippen molar-refractivity contribution in [3.05, 3.63) is 51.8 Å². The largest absolute Gasteiger partial charge is 0.487 e. The van der Waals surface area contributed by atoms with Crippen molar-refractivity contribution in [3.8, 4) is 11.5 Å². The molecule has 0 fully saturated rings. The normalized spacial score (nSPS) is 17.7. The number of aryl methyl sites for hydroxylation is 1. The Balaban J connectivity index is 1.53. The SMILES string of the molecule is Cc1c(C)c2c(c(C)c1OC(=O)c1ccc(CCCCO)cn1)CCC(C)(CCCC(C)CCCC(C)CCCC(C)C)O2. The smallest absolute Gasteiger partial charge is 0.362 e. The number of rotatable bonds is 18. The lowest BCUT2D eigenvalue weighted by atomic mass is 9.83. The molecule has 1 aliphatic rings. The van der Waals surface area contributed by atoms with Gasteiger partial charge in [-0.2, -0.15) is 0 Å². The highest BCUT2D eigenvalue weighted by Crippen LogP contribution is 2.45. The van der Waals surface area contributed by atoms with E-state index in [1.54, 1.807) is 12.3 Å². The van der Waals surface area contributed by atoms with Gasteiger partial charge in [0, 0.05) is 18.4 Å². The summed E-state index contributed by atoms with van der Waals surface area (Å²) >= 11 is 0. The Morgan fingerprint density at radius 3 is 2.18 bits per heavy atom. The Kier molecular flexibility index (Phi) is 14.2. The number of hydrogen-bond donors (Lipinski definition) is 1. The van der Waals surface area contributed by atoms with Crippen LogP contribution in [0.1, 0.15) is 150 Å². The molecule has 0 saturated carbocycles. The molecule has 3 atom stereocenters. The number of carbonyl (C=O) groups is 1. The number of esters is 1. The molecule has 5 heteroatoms. The molecule has 2 heterocycles. The van der Waals surface area contributed by atoms with Crippen LogP contribution in [0.4, 0.5) is 0 Å². The number of ether oxygens (including phenoxy) is 2. The summed E-state index contributed by atoms with van der Waals surface area (Å²) in [4.78, 5) is 17.4. The first-order chi connectivity index (χ1) is 20.9. The number of pyridine rings is 1. The second-order valence-corrected chi connectivity index (χ2v) is 14.5. The van der Waals surface area contributed by atoms with Crippen molar-refractivity contribution < 1.29 is 19.4 Å². The maximum absolute atomic E-state index is 13.1. The van der Waals surface area contributed by atoms with E-state index < -0.39 is 5.97 Å². The van der Waals surface area contributed by atoms with Crippen molar-refractivity contribution in [1.82, 2.24) is 4.98 Å². The fourth-order valence-corrected chi connectivity index (χ4v) is 6.69. The monoisotopic (exact) mass is 607 g/mol. The number of nitrogens with zero attached hydrogens (tertiary/aromatic N) is 1. The quantitative estimate of drug-likeness (QED) is 0.104. The lowest BCUT2D eigenvalue weighted by molar-refractivity contribution is 0.0508. The van der Waals surface area contributed by atoms with Crippen LogP contribution in [0.3, 0.4) is 0 Å². The van der Waals surface area contributed by atoms with Crippen molar-refractivity contribution in [3.63, 3.8) is 0 Å². The molecule has 0 bridgehead atoms. The third kappa shape index (κ3) is 10.6. The van der Waals surface area contributed by atoms with Crippen LogP contribution in [-0.4, -0.2) is 28.3 Å². The fraction of sp³-hybridized carbons (Fsp3) is 0.692. The third-order valence-electron chi connectivity index (χ3n) is 9.94. The molecule has 0 amide bonds. The molecular formula is C39H61NO4. The first kappa shape index (κ1) is 36.1.